The van der Waals surface area contributed by atoms with E-state index in [9.17, 15) is 9.59 Å². The van der Waals surface area contributed by atoms with Gasteiger partial charge < -0.3 is 9.47 Å². The van der Waals surface area contributed by atoms with E-state index >= 15 is 0 Å². The van der Waals surface area contributed by atoms with Crippen LogP contribution in [0.3, 0.4) is 0 Å². The van der Waals surface area contributed by atoms with E-state index < -0.39 is 12.2 Å². The van der Waals surface area contributed by atoms with Crippen LogP contribution in [0.15, 0.2) is 36.5 Å². The lowest BCUT2D eigenvalue weighted by Gasteiger charge is -2.70. The molecule has 0 aromatic carbocycles. The third-order valence-corrected chi connectivity index (χ3v) is 5.82. The Morgan fingerprint density at radius 1 is 0.917 bits per heavy atom. The zero-order chi connectivity index (χ0) is 16.9. The number of carbonyl (C=O) groups excluding carboxylic acids is 2. The van der Waals surface area contributed by atoms with Crippen molar-refractivity contribution >= 4 is 12.2 Å². The van der Waals surface area contributed by atoms with Crippen molar-refractivity contribution in [1.82, 2.24) is 10.0 Å². The van der Waals surface area contributed by atoms with Gasteiger partial charge in [-0.25, -0.2) is 19.6 Å². The topological polar surface area (TPSA) is 59.1 Å². The molecule has 0 unspecified atom stereocenters. The molecule has 2 bridgehead atoms. The monoisotopic (exact) mass is 330 g/mol. The lowest BCUT2D eigenvalue weighted by molar-refractivity contribution is -0.182. The van der Waals surface area contributed by atoms with Gasteiger partial charge in [0.1, 0.15) is 0 Å². The third-order valence-electron chi connectivity index (χ3n) is 5.82. The largest absolute Gasteiger partial charge is 0.448 e. The Balaban J connectivity index is 1.80. The number of amides is 2. The molecule has 0 radical (unpaired) electrons. The number of hydrogen-bond donors (Lipinski definition) is 0. The predicted molar refractivity (Wildman–Crippen MR) is 86.8 cm³/mol. The molecule has 1 saturated heterocycles. The van der Waals surface area contributed by atoms with Crippen LogP contribution in [0, 0.1) is 10.8 Å². The number of fused-ring (bicyclic) bond motifs is 1. The standard InChI is InChI=1S/C18H22N2O4/c1-3-23-15(21)19-13-7-8-14(20(19)16(22)24-4-2)18-10-6-5-9-17(13,18)11-12-18/h5-8,11-14H,3-4,9-10H2,1-2H3/t13-,14-,17-,18+/m0/s1. The molecular weight excluding hydrogens is 308 g/mol. The maximum atomic E-state index is 12.6. The Kier molecular flexibility index (Phi) is 3.27. The highest BCUT2D eigenvalue weighted by molar-refractivity contribution is 5.77. The third kappa shape index (κ3) is 1.61. The van der Waals surface area contributed by atoms with Crippen molar-refractivity contribution < 1.29 is 19.1 Å². The van der Waals surface area contributed by atoms with Crippen LogP contribution in [0.5, 0.6) is 0 Å². The van der Waals surface area contributed by atoms with E-state index in [1.165, 1.54) is 10.0 Å². The van der Waals surface area contributed by atoms with Gasteiger partial charge in [-0.3, -0.25) is 0 Å². The zero-order valence-electron chi connectivity index (χ0n) is 14.0. The van der Waals surface area contributed by atoms with Crippen molar-refractivity contribution in [3.05, 3.63) is 36.5 Å². The van der Waals surface area contributed by atoms with Crippen LogP contribution < -0.4 is 0 Å². The van der Waals surface area contributed by atoms with Crippen molar-refractivity contribution in [2.45, 2.75) is 38.8 Å². The first-order chi connectivity index (χ1) is 11.6. The van der Waals surface area contributed by atoms with Crippen LogP contribution in [0.1, 0.15) is 26.7 Å². The molecule has 0 N–H and O–H groups in total. The van der Waals surface area contributed by atoms with Crippen molar-refractivity contribution in [3.63, 3.8) is 0 Å². The lowest BCUT2D eigenvalue weighted by Crippen LogP contribution is -2.78. The van der Waals surface area contributed by atoms with E-state index in [-0.39, 0.29) is 36.1 Å². The molecular formula is C18H22N2O4. The Morgan fingerprint density at radius 2 is 1.33 bits per heavy atom. The molecule has 0 aromatic heterocycles. The van der Waals surface area contributed by atoms with Gasteiger partial charge in [0.05, 0.1) is 25.3 Å². The highest BCUT2D eigenvalue weighted by atomic mass is 16.6. The van der Waals surface area contributed by atoms with Crippen LogP contribution >= 0.6 is 0 Å². The molecule has 4 atom stereocenters. The number of ether oxygens (including phenoxy) is 2. The van der Waals surface area contributed by atoms with Crippen molar-refractivity contribution in [2.75, 3.05) is 13.2 Å². The first kappa shape index (κ1) is 15.3. The summed E-state index contributed by atoms with van der Waals surface area (Å²) in [5.74, 6) is 0. The highest BCUT2D eigenvalue weighted by Crippen LogP contribution is 2.67. The van der Waals surface area contributed by atoms with E-state index in [2.05, 4.69) is 24.3 Å². The number of nitrogens with zero attached hydrogens (tertiary/aromatic N) is 2. The van der Waals surface area contributed by atoms with Gasteiger partial charge in [0.25, 0.3) is 0 Å². The summed E-state index contributed by atoms with van der Waals surface area (Å²) in [6.07, 6.45) is 13.6. The SMILES string of the molecule is CCOC(=O)N1[C@H]2C=C[C@H](N1C(=O)OCC)[C@]13C=C[C@]21CC=CC3. The van der Waals surface area contributed by atoms with Crippen molar-refractivity contribution in [2.24, 2.45) is 10.8 Å². The van der Waals surface area contributed by atoms with Crippen molar-refractivity contribution in [3.8, 4) is 0 Å². The molecule has 2 heterocycles. The highest BCUT2D eigenvalue weighted by Gasteiger charge is 2.71. The Morgan fingerprint density at radius 3 is 1.67 bits per heavy atom. The average Bonchev–Trinajstić information content (AvgIpc) is 2.56. The summed E-state index contributed by atoms with van der Waals surface area (Å²) in [7, 11) is 0. The minimum atomic E-state index is -0.497. The van der Waals surface area contributed by atoms with Crippen LogP contribution in [-0.4, -0.2) is 47.5 Å². The summed E-state index contributed by atoms with van der Waals surface area (Å²) >= 11 is 0. The molecule has 0 aromatic rings. The second-order valence-corrected chi connectivity index (χ2v) is 6.66. The summed E-state index contributed by atoms with van der Waals surface area (Å²) in [5, 5.41) is 2.93. The van der Waals surface area contributed by atoms with Gasteiger partial charge in [-0.05, 0) is 26.7 Å². The number of carbonyl (C=O) groups is 2. The van der Waals surface area contributed by atoms with Crippen molar-refractivity contribution in [1.29, 1.82) is 0 Å². The fourth-order valence-corrected chi connectivity index (χ4v) is 4.78. The smallest absolute Gasteiger partial charge is 0.429 e. The van der Waals surface area contributed by atoms with Gasteiger partial charge in [0, 0.05) is 10.8 Å². The summed E-state index contributed by atoms with van der Waals surface area (Å²) in [6, 6.07) is -0.471. The fourth-order valence-electron chi connectivity index (χ4n) is 4.78. The van der Waals surface area contributed by atoms with Gasteiger partial charge in [0.15, 0.2) is 0 Å². The molecule has 24 heavy (non-hydrogen) atoms. The minimum absolute atomic E-state index is 0.156. The van der Waals surface area contributed by atoms with E-state index in [1.807, 2.05) is 12.2 Å². The number of rotatable bonds is 2. The molecule has 0 spiro atoms. The Bertz CT molecular complexity index is 616. The lowest BCUT2D eigenvalue weighted by atomic mass is 9.42. The van der Waals surface area contributed by atoms with Gasteiger partial charge >= 0.3 is 12.2 Å². The number of hydrazine groups is 1. The molecule has 128 valence electrons. The van der Waals surface area contributed by atoms with E-state index in [1.54, 1.807) is 13.8 Å². The molecule has 0 saturated carbocycles. The normalized spacial score (nSPS) is 37.6. The first-order valence-corrected chi connectivity index (χ1v) is 8.57. The maximum Gasteiger partial charge on any atom is 0.429 e. The molecule has 5 aliphatic rings. The second-order valence-electron chi connectivity index (χ2n) is 6.66. The van der Waals surface area contributed by atoms with Gasteiger partial charge in [-0.1, -0.05) is 36.5 Å². The summed E-state index contributed by atoms with van der Waals surface area (Å²) < 4.78 is 10.5. The minimum Gasteiger partial charge on any atom is -0.448 e. The summed E-state index contributed by atoms with van der Waals surface area (Å²) in [5.41, 5.74) is -0.312. The average molecular weight is 330 g/mol. The maximum absolute atomic E-state index is 12.6. The van der Waals surface area contributed by atoms with Gasteiger partial charge in [-0.15, -0.1) is 0 Å². The van der Waals surface area contributed by atoms with E-state index in [0.717, 1.165) is 12.8 Å². The number of allylic oxidation sites excluding steroid dienone is 2. The zero-order valence-corrected chi connectivity index (χ0v) is 14.0. The molecule has 2 aliphatic heterocycles. The fraction of sp³-hybridized carbons (Fsp3) is 0.556. The number of hydrogen-bond acceptors (Lipinski definition) is 4. The molecule has 3 aliphatic carbocycles. The van der Waals surface area contributed by atoms with E-state index in [4.69, 9.17) is 9.47 Å². The molecule has 5 rings (SSSR count). The summed E-state index contributed by atoms with van der Waals surface area (Å²) in [4.78, 5) is 25.3. The first-order valence-electron chi connectivity index (χ1n) is 8.57. The summed E-state index contributed by atoms with van der Waals surface area (Å²) in [6.45, 7) is 4.06. The van der Waals surface area contributed by atoms with Gasteiger partial charge in [-0.2, -0.15) is 0 Å². The van der Waals surface area contributed by atoms with Crippen LogP contribution in [0.2, 0.25) is 0 Å². The molecule has 1 fully saturated rings. The van der Waals surface area contributed by atoms with Crippen LogP contribution in [-0.2, 0) is 9.47 Å². The molecule has 6 nitrogen and oxygen atoms in total. The predicted octanol–water partition coefficient (Wildman–Crippen LogP) is 3.03. The molecule has 2 amide bonds. The van der Waals surface area contributed by atoms with Gasteiger partial charge in [0.2, 0.25) is 0 Å². The quantitative estimate of drug-likeness (QED) is 0.730. The Labute approximate surface area is 141 Å². The van der Waals surface area contributed by atoms with Crippen LogP contribution in [0.4, 0.5) is 9.59 Å². The Hall–Kier alpha value is -2.24. The molecule has 6 heteroatoms. The van der Waals surface area contributed by atoms with E-state index in [0.29, 0.717) is 0 Å². The second kappa shape index (κ2) is 5.13. The van der Waals surface area contributed by atoms with Crippen LogP contribution in [0.25, 0.3) is 0 Å².